The molecule has 0 aliphatic carbocycles. The quantitative estimate of drug-likeness (QED) is 0.550. The van der Waals surface area contributed by atoms with Gasteiger partial charge in [0.05, 0.1) is 11.4 Å². The van der Waals surface area contributed by atoms with Gasteiger partial charge in [-0.15, -0.1) is 0 Å². The molecule has 0 amide bonds. The lowest BCUT2D eigenvalue weighted by molar-refractivity contribution is 1.05. The Labute approximate surface area is 143 Å². The van der Waals surface area contributed by atoms with Gasteiger partial charge in [0.15, 0.2) is 0 Å². The molecule has 0 saturated carbocycles. The number of guanidine groups is 1. The summed E-state index contributed by atoms with van der Waals surface area (Å²) in [7, 11) is 0. The molecule has 0 bridgehead atoms. The molecule has 2 N–H and O–H groups in total. The molecule has 0 heterocycles. The summed E-state index contributed by atoms with van der Waals surface area (Å²) in [5, 5.41) is 2.39. The average molecular weight is 317 g/mol. The van der Waals surface area contributed by atoms with Gasteiger partial charge in [0, 0.05) is 11.9 Å². The van der Waals surface area contributed by atoms with Gasteiger partial charge >= 0.3 is 0 Å². The van der Waals surface area contributed by atoms with E-state index in [9.17, 15) is 0 Å². The maximum absolute atomic E-state index is 6.35. The fraction of sp³-hybridized carbons (Fsp3) is 0.190. The van der Waals surface area contributed by atoms with Crippen LogP contribution in [-0.2, 0) is 6.42 Å². The third-order valence-corrected chi connectivity index (χ3v) is 4.21. The van der Waals surface area contributed by atoms with E-state index in [1.54, 1.807) is 0 Å². The number of aryl methyl sites for hydroxylation is 1. The topological polar surface area (TPSA) is 41.6 Å². The van der Waals surface area contributed by atoms with E-state index in [4.69, 9.17) is 5.73 Å². The van der Waals surface area contributed by atoms with E-state index in [2.05, 4.69) is 78.3 Å². The molecule has 0 aromatic heterocycles. The van der Waals surface area contributed by atoms with Gasteiger partial charge in [-0.25, -0.2) is 4.99 Å². The second-order valence-electron chi connectivity index (χ2n) is 5.74. The van der Waals surface area contributed by atoms with Gasteiger partial charge in [-0.05, 0) is 42.5 Å². The SMILES string of the molecule is CCc1cccc(N=C(N)N(CC)c2cccc3ccccc23)c1. The lowest BCUT2D eigenvalue weighted by Gasteiger charge is -2.23. The van der Waals surface area contributed by atoms with E-state index in [0.29, 0.717) is 5.96 Å². The highest BCUT2D eigenvalue weighted by molar-refractivity contribution is 6.05. The minimum absolute atomic E-state index is 0.516. The smallest absolute Gasteiger partial charge is 0.201 e. The predicted octanol–water partition coefficient (Wildman–Crippen LogP) is 4.87. The lowest BCUT2D eigenvalue weighted by atomic mass is 10.1. The summed E-state index contributed by atoms with van der Waals surface area (Å²) in [5.74, 6) is 0.516. The largest absolute Gasteiger partial charge is 0.369 e. The highest BCUT2D eigenvalue weighted by atomic mass is 15.3. The number of benzene rings is 3. The number of hydrogen-bond acceptors (Lipinski definition) is 1. The van der Waals surface area contributed by atoms with Gasteiger partial charge in [0.1, 0.15) is 0 Å². The van der Waals surface area contributed by atoms with Crippen LogP contribution in [0.25, 0.3) is 10.8 Å². The molecule has 3 nitrogen and oxygen atoms in total. The zero-order chi connectivity index (χ0) is 16.9. The fourth-order valence-electron chi connectivity index (χ4n) is 2.94. The third-order valence-electron chi connectivity index (χ3n) is 4.21. The molecule has 0 spiro atoms. The molecule has 24 heavy (non-hydrogen) atoms. The summed E-state index contributed by atoms with van der Waals surface area (Å²) >= 11 is 0. The molecule has 3 aromatic carbocycles. The minimum atomic E-state index is 0.516. The first-order valence-electron chi connectivity index (χ1n) is 8.41. The van der Waals surface area contributed by atoms with Crippen molar-refractivity contribution in [1.29, 1.82) is 0 Å². The first-order chi connectivity index (χ1) is 11.7. The summed E-state index contributed by atoms with van der Waals surface area (Å²) in [6.45, 7) is 4.99. The van der Waals surface area contributed by atoms with Crippen LogP contribution >= 0.6 is 0 Å². The third kappa shape index (κ3) is 3.25. The van der Waals surface area contributed by atoms with Gasteiger partial charge < -0.3 is 10.6 Å². The van der Waals surface area contributed by atoms with Gasteiger partial charge in [0.25, 0.3) is 0 Å². The molecule has 3 heteroatoms. The van der Waals surface area contributed by atoms with Crippen LogP contribution in [0.5, 0.6) is 0 Å². The summed E-state index contributed by atoms with van der Waals surface area (Å²) < 4.78 is 0. The highest BCUT2D eigenvalue weighted by Gasteiger charge is 2.12. The summed E-state index contributed by atoms with van der Waals surface area (Å²) in [6, 6.07) is 22.8. The Morgan fingerprint density at radius 3 is 2.50 bits per heavy atom. The van der Waals surface area contributed by atoms with Gasteiger partial charge in [0.2, 0.25) is 5.96 Å². The van der Waals surface area contributed by atoms with E-state index >= 15 is 0 Å². The number of nitrogens with zero attached hydrogens (tertiary/aromatic N) is 2. The Morgan fingerprint density at radius 1 is 0.958 bits per heavy atom. The maximum atomic E-state index is 6.35. The number of nitrogens with two attached hydrogens (primary N) is 1. The van der Waals surface area contributed by atoms with E-state index in [1.807, 2.05) is 12.1 Å². The molecule has 0 atom stereocenters. The molecule has 0 saturated heterocycles. The molecule has 3 aromatic rings. The van der Waals surface area contributed by atoms with Crippen LogP contribution in [-0.4, -0.2) is 12.5 Å². The van der Waals surface area contributed by atoms with Crippen molar-refractivity contribution in [2.45, 2.75) is 20.3 Å². The summed E-state index contributed by atoms with van der Waals surface area (Å²) in [4.78, 5) is 6.70. The fourth-order valence-corrected chi connectivity index (χ4v) is 2.94. The molecule has 0 unspecified atom stereocenters. The van der Waals surface area contributed by atoms with Crippen LogP contribution in [0, 0.1) is 0 Å². The molecule has 0 aliphatic rings. The molecule has 122 valence electrons. The Kier molecular flexibility index (Phi) is 4.80. The van der Waals surface area contributed by atoms with Crippen LogP contribution in [0.3, 0.4) is 0 Å². The van der Waals surface area contributed by atoms with Gasteiger partial charge in [-0.2, -0.15) is 0 Å². The van der Waals surface area contributed by atoms with E-state index in [0.717, 1.165) is 24.3 Å². The van der Waals surface area contributed by atoms with Crippen molar-refractivity contribution in [3.63, 3.8) is 0 Å². The minimum Gasteiger partial charge on any atom is -0.369 e. The predicted molar refractivity (Wildman–Crippen MR) is 104 cm³/mol. The first-order valence-corrected chi connectivity index (χ1v) is 8.41. The summed E-state index contributed by atoms with van der Waals surface area (Å²) in [6.07, 6.45) is 0.990. The first kappa shape index (κ1) is 16.1. The van der Waals surface area contributed by atoms with Gasteiger partial charge in [-0.1, -0.05) is 55.5 Å². The van der Waals surface area contributed by atoms with E-state index < -0.39 is 0 Å². The number of fused-ring (bicyclic) bond motifs is 1. The second-order valence-corrected chi connectivity index (χ2v) is 5.74. The van der Waals surface area contributed by atoms with Crippen LogP contribution < -0.4 is 10.6 Å². The standard InChI is InChI=1S/C21H23N3/c1-3-16-9-7-12-18(15-16)23-21(22)24(4-2)20-14-8-11-17-10-5-6-13-19(17)20/h5-15H,3-4H2,1-2H3,(H2,22,23). The lowest BCUT2D eigenvalue weighted by Crippen LogP contribution is -2.37. The van der Waals surface area contributed by atoms with Gasteiger partial charge in [-0.3, -0.25) is 0 Å². The van der Waals surface area contributed by atoms with Crippen LogP contribution in [0.15, 0.2) is 71.7 Å². The van der Waals surface area contributed by atoms with Crippen molar-refractivity contribution in [2.24, 2.45) is 10.7 Å². The normalized spacial score (nSPS) is 11.7. The Hall–Kier alpha value is -2.81. The van der Waals surface area contributed by atoms with Crippen molar-refractivity contribution in [3.05, 3.63) is 72.3 Å². The Morgan fingerprint density at radius 2 is 1.71 bits per heavy atom. The average Bonchev–Trinajstić information content (AvgIpc) is 2.62. The van der Waals surface area contributed by atoms with E-state index in [-0.39, 0.29) is 0 Å². The monoisotopic (exact) mass is 317 g/mol. The van der Waals surface area contributed by atoms with Crippen molar-refractivity contribution >= 4 is 28.1 Å². The number of anilines is 1. The van der Waals surface area contributed by atoms with Crippen LogP contribution in [0.2, 0.25) is 0 Å². The van der Waals surface area contributed by atoms with Crippen molar-refractivity contribution in [3.8, 4) is 0 Å². The molecule has 0 radical (unpaired) electrons. The number of hydrogen-bond donors (Lipinski definition) is 1. The molecular formula is C21H23N3. The zero-order valence-corrected chi connectivity index (χ0v) is 14.2. The molecule has 0 aliphatic heterocycles. The van der Waals surface area contributed by atoms with E-state index in [1.165, 1.54) is 16.3 Å². The summed E-state index contributed by atoms with van der Waals surface area (Å²) in [5.41, 5.74) is 9.59. The number of rotatable bonds is 4. The van der Waals surface area contributed by atoms with Crippen molar-refractivity contribution in [2.75, 3.05) is 11.4 Å². The number of aliphatic imine (C=N–C) groups is 1. The Balaban J connectivity index is 2.02. The second kappa shape index (κ2) is 7.18. The molecular weight excluding hydrogens is 294 g/mol. The van der Waals surface area contributed by atoms with Crippen molar-refractivity contribution < 1.29 is 0 Å². The van der Waals surface area contributed by atoms with Crippen LogP contribution in [0.1, 0.15) is 19.4 Å². The highest BCUT2D eigenvalue weighted by Crippen LogP contribution is 2.27. The van der Waals surface area contributed by atoms with Crippen molar-refractivity contribution in [1.82, 2.24) is 0 Å². The molecule has 0 fully saturated rings. The molecule has 3 rings (SSSR count). The maximum Gasteiger partial charge on any atom is 0.201 e. The zero-order valence-electron chi connectivity index (χ0n) is 14.2. The van der Waals surface area contributed by atoms with Crippen LogP contribution in [0.4, 0.5) is 11.4 Å². The Bertz CT molecular complexity index is 862.